The average Bonchev–Trinajstić information content (AvgIpc) is 2.30. The van der Waals surface area contributed by atoms with Gasteiger partial charge in [0.25, 0.3) is 0 Å². The standard InChI is InChI=1S/C13H16N2/c1-3-10(4-2)11-5-6-12-13(9-11)15-8-7-14-12/h5-10H,3-4H2,1-2H3. The van der Waals surface area contributed by atoms with Crippen LogP contribution in [-0.2, 0) is 0 Å². The number of aromatic nitrogens is 2. The number of hydrogen-bond acceptors (Lipinski definition) is 2. The summed E-state index contributed by atoms with van der Waals surface area (Å²) in [7, 11) is 0. The largest absolute Gasteiger partial charge is 0.253 e. The molecule has 0 aliphatic rings. The van der Waals surface area contributed by atoms with Crippen molar-refractivity contribution in [3.8, 4) is 0 Å². The highest BCUT2D eigenvalue weighted by Crippen LogP contribution is 2.24. The summed E-state index contributed by atoms with van der Waals surface area (Å²) in [6.07, 6.45) is 5.85. The van der Waals surface area contributed by atoms with Crippen LogP contribution < -0.4 is 0 Å². The van der Waals surface area contributed by atoms with Gasteiger partial charge in [0.1, 0.15) is 0 Å². The van der Waals surface area contributed by atoms with E-state index < -0.39 is 0 Å². The maximum atomic E-state index is 4.33. The van der Waals surface area contributed by atoms with Crippen LogP contribution in [0.4, 0.5) is 0 Å². The Hall–Kier alpha value is -1.44. The lowest BCUT2D eigenvalue weighted by atomic mass is 9.94. The predicted octanol–water partition coefficient (Wildman–Crippen LogP) is 3.53. The van der Waals surface area contributed by atoms with Crippen molar-refractivity contribution < 1.29 is 0 Å². The SMILES string of the molecule is CCC(CC)c1ccc2nccnc2c1. The summed E-state index contributed by atoms with van der Waals surface area (Å²) in [6.45, 7) is 4.46. The van der Waals surface area contributed by atoms with E-state index in [1.54, 1.807) is 12.4 Å². The molecular weight excluding hydrogens is 184 g/mol. The van der Waals surface area contributed by atoms with E-state index in [9.17, 15) is 0 Å². The van der Waals surface area contributed by atoms with Crippen molar-refractivity contribution in [1.29, 1.82) is 0 Å². The van der Waals surface area contributed by atoms with Crippen molar-refractivity contribution in [2.75, 3.05) is 0 Å². The molecular formula is C13H16N2. The molecule has 0 atom stereocenters. The molecule has 1 aromatic heterocycles. The molecule has 0 saturated heterocycles. The van der Waals surface area contributed by atoms with Crippen LogP contribution in [0.15, 0.2) is 30.6 Å². The van der Waals surface area contributed by atoms with Gasteiger partial charge in [-0.1, -0.05) is 19.9 Å². The Morgan fingerprint density at radius 2 is 1.67 bits per heavy atom. The summed E-state index contributed by atoms with van der Waals surface area (Å²) in [5.41, 5.74) is 3.36. The van der Waals surface area contributed by atoms with Crippen LogP contribution in [0.2, 0.25) is 0 Å². The van der Waals surface area contributed by atoms with Gasteiger partial charge in [-0.25, -0.2) is 0 Å². The van der Waals surface area contributed by atoms with Gasteiger partial charge in [0.2, 0.25) is 0 Å². The molecule has 0 N–H and O–H groups in total. The van der Waals surface area contributed by atoms with Crippen molar-refractivity contribution in [3.63, 3.8) is 0 Å². The second-order valence-corrected chi connectivity index (χ2v) is 3.82. The molecule has 2 heteroatoms. The number of benzene rings is 1. The van der Waals surface area contributed by atoms with Gasteiger partial charge in [0.15, 0.2) is 0 Å². The van der Waals surface area contributed by atoms with Crippen LogP contribution in [0.1, 0.15) is 38.2 Å². The quantitative estimate of drug-likeness (QED) is 0.757. The molecule has 0 fully saturated rings. The Labute approximate surface area is 90.4 Å². The minimum atomic E-state index is 0.649. The van der Waals surface area contributed by atoms with Crippen LogP contribution in [0.3, 0.4) is 0 Å². The first-order chi connectivity index (χ1) is 7.35. The fraction of sp³-hybridized carbons (Fsp3) is 0.385. The Morgan fingerprint density at radius 3 is 2.33 bits per heavy atom. The maximum absolute atomic E-state index is 4.33. The van der Waals surface area contributed by atoms with Gasteiger partial charge in [-0.2, -0.15) is 0 Å². The van der Waals surface area contributed by atoms with Crippen LogP contribution in [0.5, 0.6) is 0 Å². The Balaban J connectivity index is 2.46. The van der Waals surface area contributed by atoms with Crippen molar-refractivity contribution in [2.24, 2.45) is 0 Å². The zero-order valence-electron chi connectivity index (χ0n) is 9.27. The van der Waals surface area contributed by atoms with Crippen molar-refractivity contribution in [1.82, 2.24) is 9.97 Å². The van der Waals surface area contributed by atoms with Gasteiger partial charge in [-0.3, -0.25) is 9.97 Å². The van der Waals surface area contributed by atoms with E-state index >= 15 is 0 Å². The highest BCUT2D eigenvalue weighted by molar-refractivity contribution is 5.74. The zero-order valence-corrected chi connectivity index (χ0v) is 9.27. The minimum absolute atomic E-state index is 0.649. The topological polar surface area (TPSA) is 25.8 Å². The lowest BCUT2D eigenvalue weighted by Crippen LogP contribution is -1.95. The van der Waals surface area contributed by atoms with E-state index in [1.807, 2.05) is 0 Å². The first-order valence-electron chi connectivity index (χ1n) is 5.55. The number of nitrogens with zero attached hydrogens (tertiary/aromatic N) is 2. The summed E-state index contributed by atoms with van der Waals surface area (Å²) in [4.78, 5) is 8.60. The lowest BCUT2D eigenvalue weighted by Gasteiger charge is -2.12. The van der Waals surface area contributed by atoms with Crippen LogP contribution in [0, 0.1) is 0 Å². The third-order valence-electron chi connectivity index (χ3n) is 2.95. The molecule has 0 spiro atoms. The summed E-state index contributed by atoms with van der Waals surface area (Å²) in [5.74, 6) is 0.649. The fourth-order valence-corrected chi connectivity index (χ4v) is 1.99. The Kier molecular flexibility index (Phi) is 2.95. The van der Waals surface area contributed by atoms with Crippen molar-refractivity contribution in [3.05, 3.63) is 36.2 Å². The van der Waals surface area contributed by atoms with Crippen LogP contribution in [-0.4, -0.2) is 9.97 Å². The van der Waals surface area contributed by atoms with Crippen LogP contribution >= 0.6 is 0 Å². The summed E-state index contributed by atoms with van der Waals surface area (Å²) in [5, 5.41) is 0. The van der Waals surface area contributed by atoms with Crippen LogP contribution in [0.25, 0.3) is 11.0 Å². The fourth-order valence-electron chi connectivity index (χ4n) is 1.99. The number of rotatable bonds is 3. The minimum Gasteiger partial charge on any atom is -0.253 e. The molecule has 0 saturated carbocycles. The molecule has 0 bridgehead atoms. The molecule has 1 aromatic carbocycles. The van der Waals surface area contributed by atoms with Gasteiger partial charge in [-0.15, -0.1) is 0 Å². The predicted molar refractivity (Wildman–Crippen MR) is 62.9 cm³/mol. The molecule has 78 valence electrons. The van der Waals surface area contributed by atoms with E-state index in [0.717, 1.165) is 11.0 Å². The lowest BCUT2D eigenvalue weighted by molar-refractivity contribution is 0.642. The van der Waals surface area contributed by atoms with E-state index in [4.69, 9.17) is 0 Å². The Morgan fingerprint density at radius 1 is 1.00 bits per heavy atom. The molecule has 0 aliphatic heterocycles. The monoisotopic (exact) mass is 200 g/mol. The van der Waals surface area contributed by atoms with E-state index in [1.165, 1.54) is 18.4 Å². The van der Waals surface area contributed by atoms with E-state index in [0.29, 0.717) is 5.92 Å². The molecule has 0 radical (unpaired) electrons. The molecule has 15 heavy (non-hydrogen) atoms. The molecule has 0 amide bonds. The maximum Gasteiger partial charge on any atom is 0.0889 e. The molecule has 2 aromatic rings. The summed E-state index contributed by atoms with van der Waals surface area (Å²) in [6, 6.07) is 6.41. The molecule has 0 aliphatic carbocycles. The third kappa shape index (κ3) is 1.99. The second-order valence-electron chi connectivity index (χ2n) is 3.82. The Bertz CT molecular complexity index is 447. The summed E-state index contributed by atoms with van der Waals surface area (Å²) >= 11 is 0. The van der Waals surface area contributed by atoms with Crippen molar-refractivity contribution in [2.45, 2.75) is 32.6 Å². The summed E-state index contributed by atoms with van der Waals surface area (Å²) < 4.78 is 0. The molecule has 2 nitrogen and oxygen atoms in total. The molecule has 0 unspecified atom stereocenters. The van der Waals surface area contributed by atoms with E-state index in [2.05, 4.69) is 42.0 Å². The number of hydrogen-bond donors (Lipinski definition) is 0. The van der Waals surface area contributed by atoms with Gasteiger partial charge >= 0.3 is 0 Å². The van der Waals surface area contributed by atoms with Crippen molar-refractivity contribution >= 4 is 11.0 Å². The smallest absolute Gasteiger partial charge is 0.0889 e. The average molecular weight is 200 g/mol. The van der Waals surface area contributed by atoms with Gasteiger partial charge < -0.3 is 0 Å². The van der Waals surface area contributed by atoms with Gasteiger partial charge in [0, 0.05) is 12.4 Å². The second kappa shape index (κ2) is 4.39. The highest BCUT2D eigenvalue weighted by Gasteiger charge is 2.07. The molecule has 2 rings (SSSR count). The molecule has 1 heterocycles. The zero-order chi connectivity index (χ0) is 10.7. The van der Waals surface area contributed by atoms with Gasteiger partial charge in [-0.05, 0) is 36.5 Å². The van der Waals surface area contributed by atoms with Gasteiger partial charge in [0.05, 0.1) is 11.0 Å². The number of fused-ring (bicyclic) bond motifs is 1. The van der Waals surface area contributed by atoms with E-state index in [-0.39, 0.29) is 0 Å². The highest BCUT2D eigenvalue weighted by atomic mass is 14.8. The third-order valence-corrected chi connectivity index (χ3v) is 2.95. The first-order valence-corrected chi connectivity index (χ1v) is 5.55. The first kappa shape index (κ1) is 10.1. The normalized spacial score (nSPS) is 11.1.